The second-order valence-electron chi connectivity index (χ2n) is 5.45. The van der Waals surface area contributed by atoms with Gasteiger partial charge in [0.25, 0.3) is 5.91 Å². The second kappa shape index (κ2) is 8.03. The molecule has 0 radical (unpaired) electrons. The Morgan fingerprint density at radius 2 is 1.92 bits per heavy atom. The Hall–Kier alpha value is -2.83. The lowest BCUT2D eigenvalue weighted by atomic mass is 10.2. The van der Waals surface area contributed by atoms with E-state index in [9.17, 15) is 9.59 Å². The minimum absolute atomic E-state index is 0.0102. The van der Waals surface area contributed by atoms with Crippen molar-refractivity contribution < 1.29 is 18.7 Å². The third kappa shape index (κ3) is 4.04. The molecule has 2 amide bonds. The zero-order valence-electron chi connectivity index (χ0n) is 14.0. The van der Waals surface area contributed by atoms with Crippen LogP contribution in [0.2, 0.25) is 5.02 Å². The largest absolute Gasteiger partial charge is 0.449 e. The summed E-state index contributed by atoms with van der Waals surface area (Å²) in [6, 6.07) is 13.8. The van der Waals surface area contributed by atoms with Crippen LogP contribution in [0.1, 0.15) is 17.5 Å². The van der Waals surface area contributed by atoms with E-state index in [1.54, 1.807) is 55.5 Å². The van der Waals surface area contributed by atoms with E-state index in [0.717, 1.165) is 0 Å². The molecule has 2 N–H and O–H groups in total. The maximum atomic E-state index is 12.7. The van der Waals surface area contributed by atoms with Crippen LogP contribution in [0.5, 0.6) is 0 Å². The van der Waals surface area contributed by atoms with Crippen molar-refractivity contribution in [2.75, 3.05) is 23.8 Å². The molecule has 134 valence electrons. The molecule has 1 aromatic heterocycles. The molecule has 2 aromatic carbocycles. The quantitative estimate of drug-likeness (QED) is 0.675. The Labute approximate surface area is 155 Å². The van der Waals surface area contributed by atoms with Crippen molar-refractivity contribution in [2.24, 2.45) is 0 Å². The van der Waals surface area contributed by atoms with Crippen LogP contribution in [0.3, 0.4) is 0 Å². The summed E-state index contributed by atoms with van der Waals surface area (Å²) in [4.78, 5) is 24.7. The summed E-state index contributed by atoms with van der Waals surface area (Å²) in [7, 11) is 0. The lowest BCUT2D eigenvalue weighted by Gasteiger charge is -2.07. The summed E-state index contributed by atoms with van der Waals surface area (Å²) in [5, 5.41) is 6.55. The number of anilines is 2. The molecule has 0 spiro atoms. The molecule has 0 bridgehead atoms. The fourth-order valence-corrected chi connectivity index (χ4v) is 2.64. The number of para-hydroxylation sites is 1. The van der Waals surface area contributed by atoms with Crippen molar-refractivity contribution in [3.8, 4) is 0 Å². The molecule has 26 heavy (non-hydrogen) atoms. The average molecular weight is 373 g/mol. The molecule has 0 aliphatic carbocycles. The van der Waals surface area contributed by atoms with Crippen molar-refractivity contribution in [3.63, 3.8) is 0 Å². The molecule has 0 unspecified atom stereocenters. The molecule has 0 fully saturated rings. The maximum absolute atomic E-state index is 12.7. The number of furan rings is 1. The molecule has 6 nitrogen and oxygen atoms in total. The van der Waals surface area contributed by atoms with E-state index < -0.39 is 5.91 Å². The first-order valence-corrected chi connectivity index (χ1v) is 8.42. The number of hydrogen-bond donors (Lipinski definition) is 2. The van der Waals surface area contributed by atoms with Crippen molar-refractivity contribution in [1.82, 2.24) is 0 Å². The summed E-state index contributed by atoms with van der Waals surface area (Å²) in [5.74, 6) is -0.846. The van der Waals surface area contributed by atoms with Crippen LogP contribution in [0, 0.1) is 0 Å². The number of hydrogen-bond acceptors (Lipinski definition) is 4. The monoisotopic (exact) mass is 372 g/mol. The van der Waals surface area contributed by atoms with E-state index in [-0.39, 0.29) is 18.3 Å². The van der Waals surface area contributed by atoms with E-state index in [1.807, 2.05) is 0 Å². The van der Waals surface area contributed by atoms with E-state index in [4.69, 9.17) is 20.8 Å². The summed E-state index contributed by atoms with van der Waals surface area (Å²) >= 11 is 5.94. The van der Waals surface area contributed by atoms with Gasteiger partial charge in [-0.25, -0.2) is 0 Å². The molecule has 0 aliphatic heterocycles. The molecule has 0 aliphatic rings. The van der Waals surface area contributed by atoms with E-state index in [2.05, 4.69) is 10.6 Å². The Balaban J connectivity index is 1.92. The summed E-state index contributed by atoms with van der Waals surface area (Å²) in [5.41, 5.74) is 1.33. The first-order valence-electron chi connectivity index (χ1n) is 8.04. The number of fused-ring (bicyclic) bond motifs is 1. The van der Waals surface area contributed by atoms with Crippen LogP contribution in [-0.2, 0) is 9.53 Å². The van der Waals surface area contributed by atoms with Gasteiger partial charge in [-0.3, -0.25) is 9.59 Å². The maximum Gasteiger partial charge on any atom is 0.293 e. The van der Waals surface area contributed by atoms with Gasteiger partial charge in [0.15, 0.2) is 0 Å². The van der Waals surface area contributed by atoms with Crippen molar-refractivity contribution >= 4 is 45.8 Å². The Morgan fingerprint density at radius 1 is 1.12 bits per heavy atom. The van der Waals surface area contributed by atoms with Gasteiger partial charge in [0.1, 0.15) is 17.9 Å². The van der Waals surface area contributed by atoms with Crippen LogP contribution in [0.4, 0.5) is 11.4 Å². The topological polar surface area (TPSA) is 80.6 Å². The van der Waals surface area contributed by atoms with Gasteiger partial charge in [0.05, 0.1) is 0 Å². The molecular formula is C19H17ClN2O4. The van der Waals surface area contributed by atoms with Crippen molar-refractivity contribution in [1.29, 1.82) is 0 Å². The van der Waals surface area contributed by atoms with E-state index >= 15 is 0 Å². The number of nitrogens with one attached hydrogen (secondary N) is 2. The van der Waals surface area contributed by atoms with Crippen LogP contribution >= 0.6 is 11.6 Å². The number of carbonyl (C=O) groups is 2. The van der Waals surface area contributed by atoms with Gasteiger partial charge in [-0.15, -0.1) is 0 Å². The van der Waals surface area contributed by atoms with Gasteiger partial charge in [-0.05, 0) is 37.3 Å². The highest BCUT2D eigenvalue weighted by Crippen LogP contribution is 2.31. The van der Waals surface area contributed by atoms with Crippen LogP contribution in [-0.4, -0.2) is 25.0 Å². The molecule has 3 rings (SSSR count). The van der Waals surface area contributed by atoms with E-state index in [1.165, 1.54) is 0 Å². The molecule has 1 heterocycles. The fourth-order valence-electron chi connectivity index (χ4n) is 2.45. The highest BCUT2D eigenvalue weighted by atomic mass is 35.5. The van der Waals surface area contributed by atoms with E-state index in [0.29, 0.717) is 34.0 Å². The number of amides is 2. The fraction of sp³-hybridized carbons (Fsp3) is 0.158. The highest BCUT2D eigenvalue weighted by Gasteiger charge is 2.22. The lowest BCUT2D eigenvalue weighted by molar-refractivity contribution is -0.120. The molecule has 0 saturated heterocycles. The minimum Gasteiger partial charge on any atom is -0.449 e. The molecule has 0 saturated carbocycles. The minimum atomic E-state index is -0.491. The third-order valence-electron chi connectivity index (χ3n) is 3.59. The normalized spacial score (nSPS) is 10.7. The van der Waals surface area contributed by atoms with Gasteiger partial charge in [0, 0.05) is 22.7 Å². The van der Waals surface area contributed by atoms with Crippen molar-refractivity contribution in [2.45, 2.75) is 6.92 Å². The van der Waals surface area contributed by atoms with Crippen LogP contribution in [0.25, 0.3) is 11.0 Å². The number of ether oxygens (including phenoxy) is 1. The Morgan fingerprint density at radius 3 is 2.69 bits per heavy atom. The molecule has 3 aromatic rings. The Bertz CT molecular complexity index is 952. The summed E-state index contributed by atoms with van der Waals surface area (Å²) in [6.07, 6.45) is 0. The number of halogens is 1. The molecular weight excluding hydrogens is 356 g/mol. The average Bonchev–Trinajstić information content (AvgIpc) is 2.99. The van der Waals surface area contributed by atoms with Crippen LogP contribution in [0.15, 0.2) is 52.9 Å². The van der Waals surface area contributed by atoms with Gasteiger partial charge in [-0.2, -0.15) is 0 Å². The zero-order chi connectivity index (χ0) is 18.5. The Kier molecular flexibility index (Phi) is 5.55. The third-order valence-corrected chi connectivity index (χ3v) is 3.82. The lowest BCUT2D eigenvalue weighted by Crippen LogP contribution is -2.20. The smallest absolute Gasteiger partial charge is 0.293 e. The first-order chi connectivity index (χ1) is 12.6. The predicted molar refractivity (Wildman–Crippen MR) is 101 cm³/mol. The van der Waals surface area contributed by atoms with Gasteiger partial charge in [-0.1, -0.05) is 29.8 Å². The SMILES string of the molecule is CCOCC(=O)Nc1c(C(=O)Nc2cccc(Cl)c2)oc2ccccc12. The first kappa shape index (κ1) is 18.0. The van der Waals surface area contributed by atoms with Gasteiger partial charge >= 0.3 is 0 Å². The standard InChI is InChI=1S/C19H17ClN2O4/c1-2-25-11-16(23)22-17-14-8-3-4-9-15(14)26-18(17)19(24)21-13-7-5-6-12(20)10-13/h3-10H,2,11H2,1H3,(H,21,24)(H,22,23). The summed E-state index contributed by atoms with van der Waals surface area (Å²) < 4.78 is 10.8. The van der Waals surface area contributed by atoms with Gasteiger partial charge < -0.3 is 19.8 Å². The zero-order valence-corrected chi connectivity index (χ0v) is 14.8. The number of rotatable bonds is 6. The van der Waals surface area contributed by atoms with Gasteiger partial charge in [0.2, 0.25) is 11.7 Å². The van der Waals surface area contributed by atoms with Crippen LogP contribution < -0.4 is 10.6 Å². The highest BCUT2D eigenvalue weighted by molar-refractivity contribution is 6.31. The predicted octanol–water partition coefficient (Wildman–Crippen LogP) is 4.31. The van der Waals surface area contributed by atoms with Crippen molar-refractivity contribution in [3.05, 3.63) is 59.3 Å². The summed E-state index contributed by atoms with van der Waals surface area (Å²) in [6.45, 7) is 2.11. The second-order valence-corrected chi connectivity index (χ2v) is 5.89. The molecule has 0 atom stereocenters. The number of benzene rings is 2. The molecule has 7 heteroatoms. The number of carbonyl (C=O) groups excluding carboxylic acids is 2.